The first-order valence-electron chi connectivity index (χ1n) is 16.2. The molecule has 0 aromatic heterocycles. The number of nitrogens with one attached hydrogen (secondary N) is 2. The number of hydrogen-bond acceptors (Lipinski definition) is 8. The van der Waals surface area contributed by atoms with E-state index >= 15 is 0 Å². The molecule has 2 saturated carbocycles. The monoisotopic (exact) mass is 564 g/mol. The van der Waals surface area contributed by atoms with Gasteiger partial charge in [0, 0.05) is 63.3 Å². The van der Waals surface area contributed by atoms with Gasteiger partial charge < -0.3 is 31.9 Å². The van der Waals surface area contributed by atoms with Crippen LogP contribution in [0.2, 0.25) is 0 Å². The topological polar surface area (TPSA) is 107 Å². The van der Waals surface area contributed by atoms with E-state index < -0.39 is 0 Å². The molecule has 0 aromatic rings. The van der Waals surface area contributed by atoms with E-state index in [1.165, 1.54) is 25.7 Å². The second-order valence-corrected chi connectivity index (χ2v) is 12.4. The lowest BCUT2D eigenvalue weighted by molar-refractivity contribution is 0.155. The summed E-state index contributed by atoms with van der Waals surface area (Å²) in [5.41, 5.74) is 17.5. The summed E-state index contributed by atoms with van der Waals surface area (Å²) in [6.07, 6.45) is 19.8. The standard InChI is InChI=1S/C33H56N8/c1-6-8-13-29(24(21-34)22-37-26-16-18-41(19-17-26)28-11-9-10-12-28)32-31(23(3)36-4)39-30(7-2)33(40(32)5)38-27-15-14-25(35)20-27/h13,21-22,25-28,32,36,38H,3,6-12,14-20,34-35H2,1-2,4-5H3/b24-21?,29-13-,37-22?. The van der Waals surface area contributed by atoms with Crippen LogP contribution in [0.3, 0.4) is 0 Å². The molecule has 8 nitrogen and oxygen atoms in total. The van der Waals surface area contributed by atoms with Crippen LogP contribution >= 0.6 is 0 Å². The predicted molar refractivity (Wildman–Crippen MR) is 174 cm³/mol. The normalized spacial score (nSPS) is 27.7. The van der Waals surface area contributed by atoms with Crippen molar-refractivity contribution in [1.29, 1.82) is 0 Å². The summed E-state index contributed by atoms with van der Waals surface area (Å²) in [4.78, 5) is 15.4. The lowest BCUT2D eigenvalue weighted by atomic mass is 9.90. The first kappa shape index (κ1) is 31.4. The van der Waals surface area contributed by atoms with Gasteiger partial charge in [0.25, 0.3) is 0 Å². The van der Waals surface area contributed by atoms with Crippen molar-refractivity contribution in [3.05, 3.63) is 47.2 Å². The molecule has 1 saturated heterocycles. The third-order valence-electron chi connectivity index (χ3n) is 9.51. The van der Waals surface area contributed by atoms with Gasteiger partial charge in [-0.1, -0.05) is 45.8 Å². The van der Waals surface area contributed by atoms with Crippen molar-refractivity contribution in [3.63, 3.8) is 0 Å². The van der Waals surface area contributed by atoms with Crippen LogP contribution < -0.4 is 22.1 Å². The summed E-state index contributed by atoms with van der Waals surface area (Å²) in [5.74, 6) is 1.08. The lowest BCUT2D eigenvalue weighted by Crippen LogP contribution is -2.49. The molecule has 3 atom stereocenters. The van der Waals surface area contributed by atoms with Gasteiger partial charge in [-0.25, -0.2) is 4.99 Å². The molecule has 2 aliphatic heterocycles. The Morgan fingerprint density at radius 1 is 1.12 bits per heavy atom. The van der Waals surface area contributed by atoms with Crippen molar-refractivity contribution in [2.75, 3.05) is 27.2 Å². The van der Waals surface area contributed by atoms with Gasteiger partial charge in [-0.15, -0.1) is 0 Å². The van der Waals surface area contributed by atoms with Crippen LogP contribution in [0.4, 0.5) is 0 Å². The van der Waals surface area contributed by atoms with E-state index in [1.807, 2.05) is 13.3 Å². The summed E-state index contributed by atoms with van der Waals surface area (Å²) in [7, 11) is 4.08. The fraction of sp³-hybridized carbons (Fsp3) is 0.697. The highest BCUT2D eigenvalue weighted by atomic mass is 15.3. The fourth-order valence-electron chi connectivity index (χ4n) is 7.02. The van der Waals surface area contributed by atoms with Crippen molar-refractivity contribution >= 4 is 11.9 Å². The van der Waals surface area contributed by atoms with E-state index in [0.29, 0.717) is 12.1 Å². The molecule has 0 bridgehead atoms. The molecule has 41 heavy (non-hydrogen) atoms. The quantitative estimate of drug-likeness (QED) is 0.204. The Morgan fingerprint density at radius 3 is 2.44 bits per heavy atom. The van der Waals surface area contributed by atoms with Gasteiger partial charge in [0.1, 0.15) is 11.9 Å². The minimum atomic E-state index is -0.139. The highest BCUT2D eigenvalue weighted by Gasteiger charge is 2.36. The minimum absolute atomic E-state index is 0.139. The van der Waals surface area contributed by atoms with Crippen LogP contribution in [-0.2, 0) is 0 Å². The minimum Gasteiger partial charge on any atom is -0.404 e. The molecule has 3 fully saturated rings. The van der Waals surface area contributed by atoms with E-state index in [4.69, 9.17) is 21.5 Å². The molecule has 4 aliphatic rings. The van der Waals surface area contributed by atoms with Gasteiger partial charge in [-0.3, -0.25) is 4.99 Å². The van der Waals surface area contributed by atoms with Crippen LogP contribution in [0.5, 0.6) is 0 Å². The van der Waals surface area contributed by atoms with Crippen molar-refractivity contribution in [2.24, 2.45) is 21.5 Å². The second kappa shape index (κ2) is 15.1. The van der Waals surface area contributed by atoms with Crippen LogP contribution in [0.25, 0.3) is 0 Å². The molecule has 2 aliphatic carbocycles. The number of hydrogen-bond donors (Lipinski definition) is 4. The van der Waals surface area contributed by atoms with Gasteiger partial charge in [0.2, 0.25) is 0 Å². The summed E-state index contributed by atoms with van der Waals surface area (Å²) >= 11 is 0. The lowest BCUT2D eigenvalue weighted by Gasteiger charge is -2.40. The molecule has 0 aromatic carbocycles. The molecule has 4 rings (SSSR count). The zero-order valence-electron chi connectivity index (χ0n) is 26.2. The maximum atomic E-state index is 6.37. The van der Waals surface area contributed by atoms with E-state index in [0.717, 1.165) is 105 Å². The second-order valence-electron chi connectivity index (χ2n) is 12.4. The number of likely N-dealkylation sites (N-methyl/N-ethyl adjacent to an activating group) is 1. The Morgan fingerprint density at radius 2 is 1.85 bits per heavy atom. The van der Waals surface area contributed by atoms with Crippen LogP contribution in [0.15, 0.2) is 57.2 Å². The molecular formula is C33H56N8. The summed E-state index contributed by atoms with van der Waals surface area (Å²) in [5, 5.41) is 7.11. The van der Waals surface area contributed by atoms with Crippen molar-refractivity contribution in [3.8, 4) is 0 Å². The molecule has 6 N–H and O–H groups in total. The molecule has 2 heterocycles. The number of nitrogens with two attached hydrogens (primary N) is 2. The van der Waals surface area contributed by atoms with Crippen molar-refractivity contribution in [1.82, 2.24) is 20.4 Å². The zero-order valence-corrected chi connectivity index (χ0v) is 26.2. The number of unbranched alkanes of at least 4 members (excludes halogenated alkanes) is 1. The molecule has 8 heteroatoms. The molecule has 0 amide bonds. The van der Waals surface area contributed by atoms with E-state index in [9.17, 15) is 0 Å². The smallest absolute Gasteiger partial charge is 0.124 e. The average Bonchev–Trinajstić information content (AvgIpc) is 3.68. The van der Waals surface area contributed by atoms with E-state index in [-0.39, 0.29) is 12.1 Å². The number of rotatable bonds is 12. The Balaban J connectivity index is 1.59. The van der Waals surface area contributed by atoms with Crippen molar-refractivity contribution in [2.45, 2.75) is 121 Å². The largest absolute Gasteiger partial charge is 0.404 e. The number of nitrogens with zero attached hydrogens (tertiary/aromatic N) is 4. The molecule has 0 spiro atoms. The van der Waals surface area contributed by atoms with Crippen molar-refractivity contribution < 1.29 is 0 Å². The van der Waals surface area contributed by atoms with Gasteiger partial charge in [-0.05, 0) is 63.4 Å². The first-order valence-corrected chi connectivity index (χ1v) is 16.2. The Kier molecular flexibility index (Phi) is 11.5. The number of likely N-dealkylation sites (tertiary alicyclic amines) is 1. The van der Waals surface area contributed by atoms with Crippen LogP contribution in [0.1, 0.15) is 90.9 Å². The van der Waals surface area contributed by atoms with Crippen LogP contribution in [0, 0.1) is 0 Å². The maximum absolute atomic E-state index is 6.37. The number of piperidine rings is 1. The predicted octanol–water partition coefficient (Wildman–Crippen LogP) is 4.57. The van der Waals surface area contributed by atoms with Gasteiger partial charge in [-0.2, -0.15) is 0 Å². The zero-order chi connectivity index (χ0) is 29.4. The third-order valence-corrected chi connectivity index (χ3v) is 9.51. The average molecular weight is 565 g/mol. The van der Waals surface area contributed by atoms with E-state index in [1.54, 1.807) is 6.20 Å². The number of allylic oxidation sites excluding steroid dienone is 2. The van der Waals surface area contributed by atoms with Gasteiger partial charge in [0.05, 0.1) is 23.1 Å². The van der Waals surface area contributed by atoms with Gasteiger partial charge in [0.15, 0.2) is 0 Å². The molecule has 3 unspecified atom stereocenters. The molecule has 0 radical (unpaired) electrons. The summed E-state index contributed by atoms with van der Waals surface area (Å²) < 4.78 is 0. The Labute approximate surface area is 249 Å². The van der Waals surface area contributed by atoms with Crippen LogP contribution in [-0.4, -0.2) is 79.1 Å². The maximum Gasteiger partial charge on any atom is 0.124 e. The molecular weight excluding hydrogens is 508 g/mol. The Bertz CT molecular complexity index is 1040. The molecule has 228 valence electrons. The highest BCUT2D eigenvalue weighted by Crippen LogP contribution is 2.32. The third kappa shape index (κ3) is 7.63. The number of aliphatic imine (C=N–C) groups is 2. The SMILES string of the molecule is C=C(NC)C1=NC(CC)=C(NC2CCC(N)C2)N(C)C1/C(=C\CCC)C(C=NC1CCN(C2CCCC2)CC1)=CN. The Hall–Kier alpha value is -2.58. The fourth-order valence-corrected chi connectivity index (χ4v) is 7.02. The van der Waals surface area contributed by atoms with E-state index in [2.05, 4.69) is 54.0 Å². The first-order chi connectivity index (χ1) is 19.9. The highest BCUT2D eigenvalue weighted by molar-refractivity contribution is 6.08. The van der Waals surface area contributed by atoms with Gasteiger partial charge >= 0.3 is 0 Å². The summed E-state index contributed by atoms with van der Waals surface area (Å²) in [6.45, 7) is 11.0. The summed E-state index contributed by atoms with van der Waals surface area (Å²) in [6, 6.07) is 1.62.